The van der Waals surface area contributed by atoms with Crippen LogP contribution in [0.5, 0.6) is 0 Å². The maximum atomic E-state index is 12.9. The fourth-order valence-electron chi connectivity index (χ4n) is 1.98. The van der Waals surface area contributed by atoms with Crippen molar-refractivity contribution in [3.63, 3.8) is 0 Å². The van der Waals surface area contributed by atoms with Crippen LogP contribution in [0.25, 0.3) is 0 Å². The van der Waals surface area contributed by atoms with Gasteiger partial charge in [-0.1, -0.05) is 13.8 Å². The third-order valence-corrected chi connectivity index (χ3v) is 3.15. The molecule has 0 saturated carbocycles. The zero-order valence-electron chi connectivity index (χ0n) is 11.7. The second-order valence-corrected chi connectivity index (χ2v) is 5.07. The number of aliphatic hydroxyl groups is 1. The van der Waals surface area contributed by atoms with Crippen LogP contribution < -0.4 is 5.32 Å². The van der Waals surface area contributed by atoms with E-state index in [1.807, 2.05) is 13.8 Å². The monoisotopic (exact) mass is 305 g/mol. The molecule has 4 nitrogen and oxygen atoms in total. The number of carboxylic acid groups (broad SMARTS) is 1. The number of carbonyl (C=O) groups is 1. The summed E-state index contributed by atoms with van der Waals surface area (Å²) in [4.78, 5) is 10.9. The molecule has 0 aliphatic carbocycles. The fraction of sp³-hybridized carbons (Fsp3) is 0.500. The van der Waals surface area contributed by atoms with E-state index >= 15 is 0 Å². The number of nitrogens with one attached hydrogen (secondary N) is 1. The molecule has 0 spiro atoms. The molecule has 1 rings (SSSR count). The molecule has 1 aromatic carbocycles. The summed E-state index contributed by atoms with van der Waals surface area (Å²) in [5.74, 6) is -1.52. The zero-order valence-corrected chi connectivity index (χ0v) is 11.7. The second kappa shape index (κ2) is 6.80. The lowest BCUT2D eigenvalue weighted by Crippen LogP contribution is -2.27. The molecule has 3 N–H and O–H groups in total. The molecule has 7 heteroatoms. The fourth-order valence-corrected chi connectivity index (χ4v) is 1.98. The van der Waals surface area contributed by atoms with Crippen LogP contribution in [0.4, 0.5) is 18.9 Å². The van der Waals surface area contributed by atoms with Crippen LogP contribution in [0, 0.1) is 5.92 Å². The van der Waals surface area contributed by atoms with Gasteiger partial charge in [-0.25, -0.2) is 4.79 Å². The Morgan fingerprint density at radius 1 is 1.33 bits per heavy atom. The number of benzene rings is 1. The van der Waals surface area contributed by atoms with Crippen molar-refractivity contribution in [3.05, 3.63) is 29.3 Å². The minimum Gasteiger partial charge on any atom is -0.478 e. The topological polar surface area (TPSA) is 69.6 Å². The van der Waals surface area contributed by atoms with E-state index in [-0.39, 0.29) is 24.3 Å². The molecule has 0 saturated heterocycles. The maximum Gasteiger partial charge on any atom is 0.417 e. The van der Waals surface area contributed by atoms with Crippen LogP contribution in [0.2, 0.25) is 0 Å². The van der Waals surface area contributed by atoms with Crippen molar-refractivity contribution in [3.8, 4) is 0 Å². The van der Waals surface area contributed by atoms with Crippen LogP contribution in [0.1, 0.15) is 36.2 Å². The number of carboxylic acids is 1. The molecule has 0 aliphatic heterocycles. The number of aromatic carboxylic acids is 1. The largest absolute Gasteiger partial charge is 0.478 e. The van der Waals surface area contributed by atoms with E-state index in [1.54, 1.807) is 0 Å². The molecule has 0 amide bonds. The summed E-state index contributed by atoms with van der Waals surface area (Å²) in [6.07, 6.45) is -4.35. The molecule has 1 unspecified atom stereocenters. The smallest absolute Gasteiger partial charge is 0.417 e. The Balaban J connectivity index is 3.13. The Labute approximate surface area is 120 Å². The molecule has 0 aromatic heterocycles. The molecule has 118 valence electrons. The molecular weight excluding hydrogens is 287 g/mol. The minimum atomic E-state index is -4.74. The highest BCUT2D eigenvalue weighted by Crippen LogP contribution is 2.34. The Morgan fingerprint density at radius 2 is 1.95 bits per heavy atom. The van der Waals surface area contributed by atoms with Crippen LogP contribution in [-0.4, -0.2) is 28.8 Å². The average molecular weight is 305 g/mol. The van der Waals surface area contributed by atoms with Gasteiger partial charge >= 0.3 is 12.1 Å². The third-order valence-electron chi connectivity index (χ3n) is 3.15. The SMILES string of the molecule is CC(C)C(CCO)Nc1ccc(C(=O)O)c(C(F)(F)F)c1. The van der Waals surface area contributed by atoms with Gasteiger partial charge in [0, 0.05) is 18.3 Å². The highest BCUT2D eigenvalue weighted by molar-refractivity contribution is 5.90. The van der Waals surface area contributed by atoms with Crippen molar-refractivity contribution in [2.45, 2.75) is 32.5 Å². The van der Waals surface area contributed by atoms with Gasteiger partial charge < -0.3 is 15.5 Å². The normalized spacial score (nSPS) is 13.3. The number of anilines is 1. The Bertz CT molecular complexity index is 501. The summed E-state index contributed by atoms with van der Waals surface area (Å²) in [5, 5.41) is 20.7. The predicted octanol–water partition coefficient (Wildman–Crippen LogP) is 3.22. The van der Waals surface area contributed by atoms with E-state index in [0.717, 1.165) is 12.1 Å². The van der Waals surface area contributed by atoms with Crippen LogP contribution in [-0.2, 0) is 6.18 Å². The second-order valence-electron chi connectivity index (χ2n) is 5.07. The Hall–Kier alpha value is -1.76. The number of halogens is 3. The first kappa shape index (κ1) is 17.3. The quantitative estimate of drug-likeness (QED) is 0.755. The molecule has 0 aliphatic rings. The molecule has 0 fully saturated rings. The van der Waals surface area contributed by atoms with Crippen molar-refractivity contribution in [2.75, 3.05) is 11.9 Å². The molecule has 0 heterocycles. The third kappa shape index (κ3) is 4.63. The van der Waals surface area contributed by atoms with E-state index < -0.39 is 23.3 Å². The van der Waals surface area contributed by atoms with E-state index in [4.69, 9.17) is 10.2 Å². The summed E-state index contributed by atoms with van der Waals surface area (Å²) in [6, 6.07) is 2.82. The van der Waals surface area contributed by atoms with E-state index in [2.05, 4.69) is 5.32 Å². The van der Waals surface area contributed by atoms with E-state index in [9.17, 15) is 18.0 Å². The molecule has 1 aromatic rings. The van der Waals surface area contributed by atoms with Crippen LogP contribution in [0.15, 0.2) is 18.2 Å². The average Bonchev–Trinajstić information content (AvgIpc) is 2.36. The van der Waals surface area contributed by atoms with Gasteiger partial charge in [0.05, 0.1) is 11.1 Å². The standard InChI is InChI=1S/C14H18F3NO3/c1-8(2)12(5-6-19)18-9-3-4-10(13(20)21)11(7-9)14(15,16)17/h3-4,7-8,12,18-19H,5-6H2,1-2H3,(H,20,21). The molecule has 0 radical (unpaired) electrons. The first-order valence-corrected chi connectivity index (χ1v) is 6.48. The van der Waals surface area contributed by atoms with Crippen LogP contribution in [0.3, 0.4) is 0 Å². The highest BCUT2D eigenvalue weighted by Gasteiger charge is 2.35. The number of aliphatic hydroxyl groups excluding tert-OH is 1. The summed E-state index contributed by atoms with van der Waals surface area (Å²) < 4.78 is 38.7. The lowest BCUT2D eigenvalue weighted by molar-refractivity contribution is -0.138. The van der Waals surface area contributed by atoms with Gasteiger partial charge in [0.15, 0.2) is 0 Å². The number of rotatable bonds is 6. The van der Waals surface area contributed by atoms with E-state index in [1.165, 1.54) is 6.07 Å². The summed E-state index contributed by atoms with van der Waals surface area (Å²) in [6.45, 7) is 3.67. The number of alkyl halides is 3. The van der Waals surface area contributed by atoms with Crippen molar-refractivity contribution in [1.29, 1.82) is 0 Å². The minimum absolute atomic E-state index is 0.0881. The summed E-state index contributed by atoms with van der Waals surface area (Å²) >= 11 is 0. The summed E-state index contributed by atoms with van der Waals surface area (Å²) in [7, 11) is 0. The number of hydrogen-bond acceptors (Lipinski definition) is 3. The van der Waals surface area contributed by atoms with Gasteiger partial charge in [0.25, 0.3) is 0 Å². The highest BCUT2D eigenvalue weighted by atomic mass is 19.4. The van der Waals surface area contributed by atoms with Gasteiger partial charge in [0.1, 0.15) is 0 Å². The first-order chi connectivity index (χ1) is 9.66. The van der Waals surface area contributed by atoms with Gasteiger partial charge in [-0.05, 0) is 30.5 Å². The molecule has 21 heavy (non-hydrogen) atoms. The zero-order chi connectivity index (χ0) is 16.2. The van der Waals surface area contributed by atoms with E-state index in [0.29, 0.717) is 6.42 Å². The van der Waals surface area contributed by atoms with Crippen molar-refractivity contribution < 1.29 is 28.2 Å². The van der Waals surface area contributed by atoms with Gasteiger partial charge in [-0.3, -0.25) is 0 Å². The van der Waals surface area contributed by atoms with Crippen molar-refractivity contribution in [1.82, 2.24) is 0 Å². The maximum absolute atomic E-state index is 12.9. The van der Waals surface area contributed by atoms with Gasteiger partial charge in [-0.15, -0.1) is 0 Å². The van der Waals surface area contributed by atoms with Gasteiger partial charge in [0.2, 0.25) is 0 Å². The number of hydrogen-bond donors (Lipinski definition) is 3. The lowest BCUT2D eigenvalue weighted by Gasteiger charge is -2.23. The lowest BCUT2D eigenvalue weighted by atomic mass is 10.00. The first-order valence-electron chi connectivity index (χ1n) is 6.48. The Morgan fingerprint density at radius 3 is 2.38 bits per heavy atom. The molecular formula is C14H18F3NO3. The summed E-state index contributed by atoms with van der Waals surface area (Å²) in [5.41, 5.74) is -1.79. The van der Waals surface area contributed by atoms with Crippen molar-refractivity contribution in [2.24, 2.45) is 5.92 Å². The van der Waals surface area contributed by atoms with Crippen LogP contribution >= 0.6 is 0 Å². The molecule has 0 bridgehead atoms. The van der Waals surface area contributed by atoms with Gasteiger partial charge in [-0.2, -0.15) is 13.2 Å². The Kier molecular flexibility index (Phi) is 5.60. The van der Waals surface area contributed by atoms with Crippen molar-refractivity contribution >= 4 is 11.7 Å². The predicted molar refractivity (Wildman–Crippen MR) is 72.4 cm³/mol. The molecule has 1 atom stereocenters.